The molecule has 5 nitrogen and oxygen atoms in total. The monoisotopic (exact) mass is 305 g/mol. The zero-order valence-corrected chi connectivity index (χ0v) is 13.7. The summed E-state index contributed by atoms with van der Waals surface area (Å²) < 4.78 is 5.12. The summed E-state index contributed by atoms with van der Waals surface area (Å²) in [4.78, 5) is 16.5. The third-order valence-electron chi connectivity index (χ3n) is 4.02. The summed E-state index contributed by atoms with van der Waals surface area (Å²) >= 11 is 0. The zero-order chi connectivity index (χ0) is 15.8. The number of benzene rings is 1. The molecule has 0 radical (unpaired) electrons. The molecule has 0 saturated carbocycles. The van der Waals surface area contributed by atoms with E-state index in [4.69, 9.17) is 4.74 Å². The first-order valence-electron chi connectivity index (χ1n) is 8.01. The van der Waals surface area contributed by atoms with Crippen molar-refractivity contribution < 1.29 is 9.53 Å². The number of rotatable bonds is 7. The number of hydrogen-bond acceptors (Lipinski definition) is 4. The Labute approximate surface area is 133 Å². The second kappa shape index (κ2) is 8.88. The van der Waals surface area contributed by atoms with Gasteiger partial charge in [-0.25, -0.2) is 0 Å². The molecular formula is C17H27N3O2. The van der Waals surface area contributed by atoms with Crippen molar-refractivity contribution in [1.29, 1.82) is 0 Å². The van der Waals surface area contributed by atoms with Crippen LogP contribution in [0.5, 0.6) is 0 Å². The quantitative estimate of drug-likeness (QED) is 0.819. The lowest BCUT2D eigenvalue weighted by molar-refractivity contribution is -0.125. The fourth-order valence-electron chi connectivity index (χ4n) is 2.57. The molecule has 1 saturated heterocycles. The number of piperazine rings is 1. The second-order valence-electron chi connectivity index (χ2n) is 5.76. The predicted octanol–water partition coefficient (Wildman–Crippen LogP) is 1.09. The number of nitrogens with zero attached hydrogens (tertiary/aromatic N) is 2. The Balaban J connectivity index is 1.88. The summed E-state index contributed by atoms with van der Waals surface area (Å²) in [5.41, 5.74) is 2.48. The van der Waals surface area contributed by atoms with Crippen LogP contribution >= 0.6 is 0 Å². The van der Waals surface area contributed by atoms with Crippen molar-refractivity contribution in [1.82, 2.24) is 15.1 Å². The second-order valence-corrected chi connectivity index (χ2v) is 5.76. The summed E-state index contributed by atoms with van der Waals surface area (Å²) in [5, 5.41) is 2.93. The van der Waals surface area contributed by atoms with E-state index in [0.717, 1.165) is 32.7 Å². The van der Waals surface area contributed by atoms with Crippen LogP contribution in [0.15, 0.2) is 24.3 Å². The molecule has 0 aliphatic carbocycles. The van der Waals surface area contributed by atoms with Crippen molar-refractivity contribution in [3.63, 3.8) is 0 Å². The molecule has 1 aliphatic rings. The van der Waals surface area contributed by atoms with Gasteiger partial charge in [0, 0.05) is 45.9 Å². The Kier molecular flexibility index (Phi) is 6.83. The van der Waals surface area contributed by atoms with E-state index in [1.54, 1.807) is 0 Å². The van der Waals surface area contributed by atoms with Gasteiger partial charge in [0.05, 0.1) is 0 Å². The Morgan fingerprint density at radius 1 is 1.18 bits per heavy atom. The van der Waals surface area contributed by atoms with Crippen LogP contribution in [0.2, 0.25) is 0 Å². The minimum absolute atomic E-state index is 0.0590. The summed E-state index contributed by atoms with van der Waals surface area (Å²) in [6.45, 7) is 8.54. The summed E-state index contributed by atoms with van der Waals surface area (Å²) in [6.07, 6.45) is 0. The van der Waals surface area contributed by atoms with Crippen molar-refractivity contribution in [2.75, 3.05) is 46.4 Å². The molecule has 0 aromatic heterocycles. The molecule has 2 rings (SSSR count). The van der Waals surface area contributed by atoms with E-state index in [1.807, 2.05) is 13.0 Å². The molecule has 1 aromatic rings. The first-order chi connectivity index (χ1) is 10.7. The lowest BCUT2D eigenvalue weighted by Gasteiger charge is -2.32. The molecule has 1 aliphatic heterocycles. The number of likely N-dealkylation sites (N-methyl/N-ethyl adjacent to an activating group) is 1. The largest absolute Gasteiger partial charge is 0.372 e. The molecular weight excluding hydrogens is 278 g/mol. The van der Waals surface area contributed by atoms with Gasteiger partial charge in [0.2, 0.25) is 5.91 Å². The van der Waals surface area contributed by atoms with Crippen LogP contribution < -0.4 is 5.32 Å². The van der Waals surface area contributed by atoms with Crippen LogP contribution in [0, 0.1) is 0 Å². The van der Waals surface area contributed by atoms with Gasteiger partial charge in [-0.3, -0.25) is 9.69 Å². The highest BCUT2D eigenvalue weighted by molar-refractivity contribution is 5.77. The predicted molar refractivity (Wildman–Crippen MR) is 87.6 cm³/mol. The lowest BCUT2D eigenvalue weighted by Crippen LogP contribution is -2.44. The van der Waals surface area contributed by atoms with Gasteiger partial charge < -0.3 is 15.0 Å². The minimum atomic E-state index is -0.0590. The fourth-order valence-corrected chi connectivity index (χ4v) is 2.57. The van der Waals surface area contributed by atoms with E-state index in [0.29, 0.717) is 13.2 Å². The molecule has 1 N–H and O–H groups in total. The number of amides is 1. The van der Waals surface area contributed by atoms with Gasteiger partial charge in [0.25, 0.3) is 0 Å². The summed E-state index contributed by atoms with van der Waals surface area (Å²) in [6, 6.07) is 8.34. The standard InChI is InChI=1S/C17H27N3O2/c1-3-22-14-17(21)18-12-15-6-4-5-7-16(15)13-20-10-8-19(2)9-11-20/h4-7H,3,8-14H2,1-2H3,(H,18,21). The van der Waals surface area contributed by atoms with Gasteiger partial charge >= 0.3 is 0 Å². The molecule has 22 heavy (non-hydrogen) atoms. The maximum Gasteiger partial charge on any atom is 0.246 e. The number of nitrogens with one attached hydrogen (secondary N) is 1. The van der Waals surface area contributed by atoms with Gasteiger partial charge in [0.15, 0.2) is 0 Å². The SMILES string of the molecule is CCOCC(=O)NCc1ccccc1CN1CCN(C)CC1. The first-order valence-corrected chi connectivity index (χ1v) is 8.01. The highest BCUT2D eigenvalue weighted by Crippen LogP contribution is 2.13. The number of ether oxygens (including phenoxy) is 1. The number of carbonyl (C=O) groups is 1. The Morgan fingerprint density at radius 2 is 1.86 bits per heavy atom. The molecule has 0 bridgehead atoms. The highest BCUT2D eigenvalue weighted by Gasteiger charge is 2.15. The van der Waals surface area contributed by atoms with Crippen LogP contribution in [0.3, 0.4) is 0 Å². The van der Waals surface area contributed by atoms with Gasteiger partial charge in [-0.05, 0) is 25.1 Å². The summed E-state index contributed by atoms with van der Waals surface area (Å²) in [7, 11) is 2.17. The van der Waals surface area contributed by atoms with Crippen LogP contribution in [0.1, 0.15) is 18.1 Å². The van der Waals surface area contributed by atoms with Crippen molar-refractivity contribution in [2.24, 2.45) is 0 Å². The van der Waals surface area contributed by atoms with E-state index in [9.17, 15) is 4.79 Å². The molecule has 1 heterocycles. The average Bonchev–Trinajstić information content (AvgIpc) is 2.54. The third kappa shape index (κ3) is 5.40. The molecule has 5 heteroatoms. The molecule has 0 atom stereocenters. The van der Waals surface area contributed by atoms with Crippen LogP contribution in [0.4, 0.5) is 0 Å². The maximum atomic E-state index is 11.7. The van der Waals surface area contributed by atoms with Crippen molar-refractivity contribution in [3.05, 3.63) is 35.4 Å². The van der Waals surface area contributed by atoms with E-state index in [1.165, 1.54) is 11.1 Å². The number of hydrogen-bond donors (Lipinski definition) is 1. The van der Waals surface area contributed by atoms with E-state index < -0.39 is 0 Å². The van der Waals surface area contributed by atoms with Crippen LogP contribution in [-0.4, -0.2) is 62.1 Å². The highest BCUT2D eigenvalue weighted by atomic mass is 16.5. The molecule has 0 unspecified atom stereocenters. The average molecular weight is 305 g/mol. The fraction of sp³-hybridized carbons (Fsp3) is 0.588. The molecule has 1 amide bonds. The minimum Gasteiger partial charge on any atom is -0.372 e. The van der Waals surface area contributed by atoms with Gasteiger partial charge in [-0.2, -0.15) is 0 Å². The van der Waals surface area contributed by atoms with Gasteiger partial charge in [-0.15, -0.1) is 0 Å². The Bertz CT molecular complexity index is 471. The lowest BCUT2D eigenvalue weighted by atomic mass is 10.1. The Hall–Kier alpha value is -1.43. The van der Waals surface area contributed by atoms with Crippen molar-refractivity contribution in [3.8, 4) is 0 Å². The van der Waals surface area contributed by atoms with Crippen molar-refractivity contribution in [2.45, 2.75) is 20.0 Å². The Morgan fingerprint density at radius 3 is 2.55 bits per heavy atom. The number of carbonyl (C=O) groups excluding carboxylic acids is 1. The van der Waals surface area contributed by atoms with Gasteiger partial charge in [0.1, 0.15) is 6.61 Å². The van der Waals surface area contributed by atoms with Gasteiger partial charge in [-0.1, -0.05) is 24.3 Å². The normalized spacial score (nSPS) is 16.6. The van der Waals surface area contributed by atoms with Crippen molar-refractivity contribution >= 4 is 5.91 Å². The summed E-state index contributed by atoms with van der Waals surface area (Å²) in [5.74, 6) is -0.0590. The third-order valence-corrected chi connectivity index (χ3v) is 4.02. The topological polar surface area (TPSA) is 44.8 Å². The molecule has 1 aromatic carbocycles. The van der Waals surface area contributed by atoms with Crippen LogP contribution in [-0.2, 0) is 22.6 Å². The van der Waals surface area contributed by atoms with E-state index in [2.05, 4.69) is 40.4 Å². The van der Waals surface area contributed by atoms with E-state index in [-0.39, 0.29) is 12.5 Å². The molecule has 0 spiro atoms. The smallest absolute Gasteiger partial charge is 0.246 e. The van der Waals surface area contributed by atoms with Crippen LogP contribution in [0.25, 0.3) is 0 Å². The molecule has 122 valence electrons. The maximum absolute atomic E-state index is 11.7. The first kappa shape index (κ1) is 16.9. The zero-order valence-electron chi connectivity index (χ0n) is 13.7. The van der Waals surface area contributed by atoms with E-state index >= 15 is 0 Å². The molecule has 1 fully saturated rings.